The number of hydrogen-bond acceptors (Lipinski definition) is 5. The van der Waals surface area contributed by atoms with Gasteiger partial charge in [-0.2, -0.15) is 0 Å². The lowest BCUT2D eigenvalue weighted by atomic mass is 10.0. The largest absolute Gasteiger partial charge is 0.444 e. The average molecular weight is 369 g/mol. The van der Waals surface area contributed by atoms with Crippen LogP contribution in [0.4, 0.5) is 4.79 Å². The van der Waals surface area contributed by atoms with E-state index in [1.165, 1.54) is 0 Å². The average Bonchev–Trinajstić information content (AvgIpc) is 2.80. The lowest BCUT2D eigenvalue weighted by Crippen LogP contribution is -2.42. The van der Waals surface area contributed by atoms with E-state index < -0.39 is 21.5 Å². The Morgan fingerprint density at radius 2 is 2.00 bits per heavy atom. The van der Waals surface area contributed by atoms with Crippen LogP contribution in [0.1, 0.15) is 44.2 Å². The Balaban J connectivity index is 2.17. The zero-order valence-electron chi connectivity index (χ0n) is 15.0. The van der Waals surface area contributed by atoms with Gasteiger partial charge in [0.25, 0.3) is 0 Å². The number of benzene rings is 1. The van der Waals surface area contributed by atoms with Crippen molar-refractivity contribution in [1.29, 1.82) is 0 Å². The number of carbonyl (C=O) groups excluding carboxylic acids is 1. The van der Waals surface area contributed by atoms with Gasteiger partial charge in [-0.3, -0.25) is 0 Å². The quantitative estimate of drug-likeness (QED) is 0.800. The molecule has 1 aromatic carbocycles. The predicted octanol–water partition coefficient (Wildman–Crippen LogP) is 2.02. The molecule has 1 aromatic rings. The van der Waals surface area contributed by atoms with E-state index >= 15 is 0 Å². The molecule has 2 rings (SSSR count). The molecule has 0 aromatic heterocycles. The van der Waals surface area contributed by atoms with Gasteiger partial charge in [-0.15, -0.1) is 0 Å². The highest BCUT2D eigenvalue weighted by Crippen LogP contribution is 2.34. The molecule has 140 valence electrons. The van der Waals surface area contributed by atoms with Gasteiger partial charge in [-0.05, 0) is 44.7 Å². The molecule has 1 aliphatic carbocycles. The van der Waals surface area contributed by atoms with E-state index in [1.807, 2.05) is 24.3 Å². The van der Waals surface area contributed by atoms with Gasteiger partial charge in [0.05, 0.1) is 11.5 Å². The third-order valence-corrected chi connectivity index (χ3v) is 5.91. The molecule has 0 unspecified atom stereocenters. The summed E-state index contributed by atoms with van der Waals surface area (Å²) in [6.07, 6.45) is 0.263. The van der Waals surface area contributed by atoms with Gasteiger partial charge in [-0.1, -0.05) is 24.3 Å². The summed E-state index contributed by atoms with van der Waals surface area (Å²) in [5.74, 6) is -0.418. The van der Waals surface area contributed by atoms with Gasteiger partial charge in [0.1, 0.15) is 5.60 Å². The number of sulfone groups is 1. The highest BCUT2D eigenvalue weighted by atomic mass is 32.2. The van der Waals surface area contributed by atoms with Gasteiger partial charge in [0.2, 0.25) is 0 Å². The Kier molecular flexibility index (Phi) is 6.11. The molecule has 25 heavy (non-hydrogen) atoms. The van der Waals surface area contributed by atoms with E-state index in [9.17, 15) is 13.2 Å². The van der Waals surface area contributed by atoms with Crippen LogP contribution in [-0.2, 0) is 21.0 Å². The number of ether oxygens (including phenoxy) is 1. The summed E-state index contributed by atoms with van der Waals surface area (Å²) in [4.78, 5) is 12.1. The predicted molar refractivity (Wildman–Crippen MR) is 96.4 cm³/mol. The van der Waals surface area contributed by atoms with Crippen LogP contribution in [0.3, 0.4) is 0 Å². The van der Waals surface area contributed by atoms with Crippen molar-refractivity contribution in [2.45, 2.75) is 51.2 Å². The molecule has 0 radical (unpaired) electrons. The molecule has 0 aliphatic heterocycles. The van der Waals surface area contributed by atoms with Gasteiger partial charge in [-0.25, -0.2) is 13.2 Å². The van der Waals surface area contributed by atoms with Gasteiger partial charge < -0.3 is 15.2 Å². The second kappa shape index (κ2) is 7.74. The molecule has 6 nitrogen and oxygen atoms in total. The lowest BCUT2D eigenvalue weighted by molar-refractivity contribution is 0.0501. The Morgan fingerprint density at radius 1 is 1.32 bits per heavy atom. The normalized spacial score (nSPS) is 20.2. The Labute approximate surface area is 149 Å². The maximum Gasteiger partial charge on any atom is 0.407 e. The number of hydrogen-bond donors (Lipinski definition) is 2. The maximum absolute atomic E-state index is 12.4. The molecule has 7 heteroatoms. The van der Waals surface area contributed by atoms with Crippen molar-refractivity contribution in [3.63, 3.8) is 0 Å². The molecule has 0 spiro atoms. The monoisotopic (exact) mass is 369 g/mol. The molecular weight excluding hydrogens is 342 g/mol. The fraction of sp³-hybridized carbons (Fsp3) is 0.611. The molecule has 0 bridgehead atoms. The molecule has 2 atom stereocenters. The third kappa shape index (κ3) is 5.71. The number of amides is 1. The van der Waals surface area contributed by atoms with Crippen LogP contribution in [0, 0.1) is 0 Å². The van der Waals surface area contributed by atoms with Crippen molar-refractivity contribution >= 4 is 15.9 Å². The molecule has 1 amide bonds. The van der Waals surface area contributed by atoms with Crippen molar-refractivity contribution in [3.8, 4) is 0 Å². The first kappa shape index (κ1) is 19.7. The Bertz CT molecular complexity index is 708. The minimum Gasteiger partial charge on any atom is -0.444 e. The Hall–Kier alpha value is -1.60. The smallest absolute Gasteiger partial charge is 0.407 e. The lowest BCUT2D eigenvalue weighted by Gasteiger charge is -2.25. The van der Waals surface area contributed by atoms with E-state index in [0.29, 0.717) is 6.42 Å². The minimum atomic E-state index is -3.33. The number of aliphatic hydroxyl groups is 1. The van der Waals surface area contributed by atoms with E-state index in [-0.39, 0.29) is 36.5 Å². The van der Waals surface area contributed by atoms with Crippen LogP contribution in [0.2, 0.25) is 0 Å². The number of rotatable bonds is 6. The minimum absolute atomic E-state index is 0.0511. The van der Waals surface area contributed by atoms with Crippen LogP contribution in [0.15, 0.2) is 24.3 Å². The summed E-state index contributed by atoms with van der Waals surface area (Å²) in [6.45, 7) is 5.20. The number of aliphatic hydroxyl groups excluding tert-OH is 1. The highest BCUT2D eigenvalue weighted by Gasteiger charge is 2.37. The molecule has 2 N–H and O–H groups in total. The fourth-order valence-electron chi connectivity index (χ4n) is 3.14. The van der Waals surface area contributed by atoms with Crippen molar-refractivity contribution in [2.24, 2.45) is 0 Å². The van der Waals surface area contributed by atoms with E-state index in [2.05, 4.69) is 5.32 Å². The number of alkyl carbamates (subject to hydrolysis) is 1. The first-order chi connectivity index (χ1) is 11.6. The molecular formula is C18H27NO5S. The van der Waals surface area contributed by atoms with Crippen molar-refractivity contribution in [1.82, 2.24) is 5.32 Å². The van der Waals surface area contributed by atoms with Gasteiger partial charge in [0.15, 0.2) is 9.84 Å². The van der Waals surface area contributed by atoms with Crippen molar-refractivity contribution in [3.05, 3.63) is 35.4 Å². The van der Waals surface area contributed by atoms with Gasteiger partial charge >= 0.3 is 6.09 Å². The van der Waals surface area contributed by atoms with Crippen LogP contribution in [-0.4, -0.2) is 49.4 Å². The summed E-state index contributed by atoms with van der Waals surface area (Å²) in [7, 11) is -3.33. The van der Waals surface area contributed by atoms with E-state index in [4.69, 9.17) is 9.84 Å². The first-order valence-electron chi connectivity index (χ1n) is 8.50. The second-order valence-corrected chi connectivity index (χ2v) is 9.68. The van der Waals surface area contributed by atoms with Crippen molar-refractivity contribution < 1.29 is 23.1 Å². The molecule has 1 aliphatic rings. The van der Waals surface area contributed by atoms with Crippen LogP contribution < -0.4 is 5.32 Å². The molecule has 0 fully saturated rings. The number of nitrogens with one attached hydrogen (secondary N) is 1. The zero-order chi connectivity index (χ0) is 18.7. The molecule has 0 saturated carbocycles. The standard InChI is InChI=1S/C18H27NO5S/c1-18(2,3)24-17(21)19-16-11-13-7-4-5-8-14(13)15(16)12-25(22,23)10-6-9-20/h4-5,7-8,15-16,20H,6,9-12H2,1-3H3,(H,19,21)/t15-,16-/m1/s1. The van der Waals surface area contributed by atoms with Crippen LogP contribution >= 0.6 is 0 Å². The van der Waals surface area contributed by atoms with Crippen molar-refractivity contribution in [2.75, 3.05) is 18.1 Å². The zero-order valence-corrected chi connectivity index (χ0v) is 15.8. The summed E-state index contributed by atoms with van der Waals surface area (Å²) in [6, 6.07) is 7.34. The highest BCUT2D eigenvalue weighted by molar-refractivity contribution is 7.91. The number of fused-ring (bicyclic) bond motifs is 1. The van der Waals surface area contributed by atoms with Crippen LogP contribution in [0.25, 0.3) is 0 Å². The third-order valence-electron chi connectivity index (χ3n) is 4.13. The topological polar surface area (TPSA) is 92.7 Å². The first-order valence-corrected chi connectivity index (χ1v) is 10.3. The maximum atomic E-state index is 12.4. The summed E-state index contributed by atoms with van der Waals surface area (Å²) >= 11 is 0. The molecule has 0 heterocycles. The van der Waals surface area contributed by atoms with Gasteiger partial charge in [0, 0.05) is 18.6 Å². The second-order valence-electron chi connectivity index (χ2n) is 7.45. The van der Waals surface area contributed by atoms with Crippen LogP contribution in [0.5, 0.6) is 0 Å². The summed E-state index contributed by atoms with van der Waals surface area (Å²) in [5, 5.41) is 11.7. The SMILES string of the molecule is CC(C)(C)OC(=O)N[C@@H]1Cc2ccccc2[C@H]1CS(=O)(=O)CCCO. The van der Waals surface area contributed by atoms with E-state index in [0.717, 1.165) is 11.1 Å². The summed E-state index contributed by atoms with van der Waals surface area (Å²) < 4.78 is 30.0. The van der Waals surface area contributed by atoms with E-state index in [1.54, 1.807) is 20.8 Å². The fourth-order valence-corrected chi connectivity index (χ4v) is 4.83. The summed E-state index contributed by atoms with van der Waals surface area (Å²) in [5.41, 5.74) is 1.39. The number of carbonyl (C=O) groups is 1. The Morgan fingerprint density at radius 3 is 2.64 bits per heavy atom. The molecule has 0 saturated heterocycles.